The number of hydrogen-bond donors (Lipinski definition) is 0. The lowest BCUT2D eigenvalue weighted by Crippen LogP contribution is -2.39. The van der Waals surface area contributed by atoms with Crippen LogP contribution in [0.3, 0.4) is 0 Å². The van der Waals surface area contributed by atoms with Crippen molar-refractivity contribution >= 4 is 5.97 Å². The molecule has 6 unspecified atom stereocenters. The molecule has 4 fully saturated rings. The van der Waals surface area contributed by atoms with Crippen LogP contribution in [0.1, 0.15) is 12.8 Å². The fraction of sp³-hybridized carbons (Fsp3) is 0.875. The van der Waals surface area contributed by atoms with Gasteiger partial charge in [0.1, 0.15) is 12.2 Å². The van der Waals surface area contributed by atoms with Gasteiger partial charge < -0.3 is 23.7 Å². The van der Waals surface area contributed by atoms with Crippen LogP contribution in [0.2, 0.25) is 0 Å². The first kappa shape index (κ1) is 15.3. The van der Waals surface area contributed by atoms with Crippen molar-refractivity contribution in [1.29, 1.82) is 5.26 Å². The van der Waals surface area contributed by atoms with E-state index < -0.39 is 5.41 Å². The molecule has 126 valence electrons. The van der Waals surface area contributed by atoms with Gasteiger partial charge in [-0.05, 0) is 18.8 Å². The lowest BCUT2D eigenvalue weighted by Gasteiger charge is -2.28. The van der Waals surface area contributed by atoms with E-state index in [1.165, 1.54) is 0 Å². The molecule has 4 rings (SSSR count). The predicted octanol–water partition coefficient (Wildman–Crippen LogP) is 0.279. The van der Waals surface area contributed by atoms with Gasteiger partial charge in [0.25, 0.3) is 0 Å². The van der Waals surface area contributed by atoms with Gasteiger partial charge >= 0.3 is 5.97 Å². The average molecular weight is 323 g/mol. The number of nitrogens with zero attached hydrogens (tertiary/aromatic N) is 1. The monoisotopic (exact) mass is 323 g/mol. The minimum atomic E-state index is -0.895. The fourth-order valence-corrected chi connectivity index (χ4v) is 4.20. The summed E-state index contributed by atoms with van der Waals surface area (Å²) in [5, 5.41) is 9.35. The van der Waals surface area contributed by atoms with Crippen LogP contribution in [0.5, 0.6) is 0 Å². The first-order valence-electron chi connectivity index (χ1n) is 8.25. The van der Waals surface area contributed by atoms with Crippen LogP contribution in [0.15, 0.2) is 0 Å². The molecule has 6 atom stereocenters. The second-order valence-electron chi connectivity index (χ2n) is 6.74. The Bertz CT molecular complexity index is 515. The van der Waals surface area contributed by atoms with Gasteiger partial charge in [-0.25, -0.2) is 0 Å². The van der Waals surface area contributed by atoms with Crippen molar-refractivity contribution in [2.45, 2.75) is 31.2 Å². The zero-order valence-electron chi connectivity index (χ0n) is 12.9. The summed E-state index contributed by atoms with van der Waals surface area (Å²) in [6.07, 6.45) is 1.38. The molecule has 2 saturated heterocycles. The third-order valence-corrected chi connectivity index (χ3v) is 5.38. The zero-order valence-corrected chi connectivity index (χ0v) is 12.9. The SMILES string of the molecule is N#CC12CC3CC1C(OC2=O)C3OCCOCCOCC1CO1. The van der Waals surface area contributed by atoms with Crippen LogP contribution < -0.4 is 0 Å². The third-order valence-electron chi connectivity index (χ3n) is 5.38. The lowest BCUT2D eigenvalue weighted by molar-refractivity contribution is -0.149. The number of carbonyl (C=O) groups excluding carboxylic acids is 1. The van der Waals surface area contributed by atoms with Crippen molar-refractivity contribution < 1.29 is 28.5 Å². The van der Waals surface area contributed by atoms with E-state index in [4.69, 9.17) is 23.7 Å². The molecule has 0 radical (unpaired) electrons. The molecule has 0 aromatic heterocycles. The van der Waals surface area contributed by atoms with Crippen molar-refractivity contribution in [3.05, 3.63) is 0 Å². The molecule has 0 aromatic carbocycles. The summed E-state index contributed by atoms with van der Waals surface area (Å²) in [4.78, 5) is 12.0. The molecule has 0 spiro atoms. The highest BCUT2D eigenvalue weighted by atomic mass is 16.6. The number of fused-ring (bicyclic) bond motifs is 1. The van der Waals surface area contributed by atoms with Crippen molar-refractivity contribution in [3.63, 3.8) is 0 Å². The van der Waals surface area contributed by atoms with Crippen molar-refractivity contribution in [3.8, 4) is 6.07 Å². The number of esters is 1. The quantitative estimate of drug-likeness (QED) is 0.342. The lowest BCUT2D eigenvalue weighted by atomic mass is 9.75. The summed E-state index contributed by atoms with van der Waals surface area (Å²) in [6, 6.07) is 2.20. The summed E-state index contributed by atoms with van der Waals surface area (Å²) in [5.41, 5.74) is -0.895. The standard InChI is InChI=1S/C16H21NO6/c17-9-16-6-10-5-12(16)14(23-15(16)18)13(10)21-4-3-19-1-2-20-7-11-8-22-11/h10-14H,1-8H2. The normalized spacial score (nSPS) is 42.7. The third kappa shape index (κ3) is 2.64. The number of carbonyl (C=O) groups is 1. The summed E-state index contributed by atoms with van der Waals surface area (Å²) < 4.78 is 27.2. The molecule has 2 bridgehead atoms. The molecule has 2 heterocycles. The van der Waals surface area contributed by atoms with Gasteiger partial charge in [0.05, 0.1) is 51.8 Å². The van der Waals surface area contributed by atoms with E-state index in [1.807, 2.05) is 0 Å². The highest BCUT2D eigenvalue weighted by Gasteiger charge is 2.71. The van der Waals surface area contributed by atoms with Gasteiger partial charge in [-0.2, -0.15) is 5.26 Å². The van der Waals surface area contributed by atoms with Gasteiger partial charge in [-0.3, -0.25) is 4.79 Å². The molecular weight excluding hydrogens is 302 g/mol. The molecule has 23 heavy (non-hydrogen) atoms. The predicted molar refractivity (Wildman–Crippen MR) is 75.3 cm³/mol. The Morgan fingerprint density at radius 1 is 1.26 bits per heavy atom. The molecule has 0 N–H and O–H groups in total. The van der Waals surface area contributed by atoms with E-state index in [2.05, 4.69) is 6.07 Å². The fourth-order valence-electron chi connectivity index (χ4n) is 4.20. The molecule has 4 aliphatic rings. The van der Waals surface area contributed by atoms with Crippen molar-refractivity contribution in [2.24, 2.45) is 17.3 Å². The molecule has 2 aliphatic carbocycles. The van der Waals surface area contributed by atoms with Crippen LogP contribution >= 0.6 is 0 Å². The summed E-state index contributed by atoms with van der Waals surface area (Å²) in [5.74, 6) is -0.0939. The second kappa shape index (κ2) is 6.02. The Balaban J connectivity index is 1.14. The van der Waals surface area contributed by atoms with Crippen LogP contribution in [-0.2, 0) is 28.5 Å². The van der Waals surface area contributed by atoms with Gasteiger partial charge in [0.15, 0.2) is 5.41 Å². The molecule has 0 aromatic rings. The second-order valence-corrected chi connectivity index (χ2v) is 6.74. The molecular formula is C16H21NO6. The van der Waals surface area contributed by atoms with Crippen LogP contribution in [0.4, 0.5) is 0 Å². The van der Waals surface area contributed by atoms with Crippen molar-refractivity contribution in [2.75, 3.05) is 39.6 Å². The summed E-state index contributed by atoms with van der Waals surface area (Å²) in [7, 11) is 0. The highest BCUT2D eigenvalue weighted by Crippen LogP contribution is 2.62. The van der Waals surface area contributed by atoms with Gasteiger partial charge in [-0.15, -0.1) is 0 Å². The average Bonchev–Trinajstić information content (AvgIpc) is 3.16. The number of hydrogen-bond acceptors (Lipinski definition) is 7. The van der Waals surface area contributed by atoms with Gasteiger partial charge in [0.2, 0.25) is 0 Å². The summed E-state index contributed by atoms with van der Waals surface area (Å²) >= 11 is 0. The molecule has 2 saturated carbocycles. The molecule has 2 aliphatic heterocycles. The largest absolute Gasteiger partial charge is 0.458 e. The first-order valence-corrected chi connectivity index (χ1v) is 8.25. The Hall–Kier alpha value is -1.20. The van der Waals surface area contributed by atoms with Crippen molar-refractivity contribution in [1.82, 2.24) is 0 Å². The van der Waals surface area contributed by atoms with E-state index in [0.29, 0.717) is 39.5 Å². The Labute approximate surface area is 134 Å². The Kier molecular flexibility index (Phi) is 4.01. The van der Waals surface area contributed by atoms with Gasteiger partial charge in [-0.1, -0.05) is 0 Å². The maximum Gasteiger partial charge on any atom is 0.327 e. The highest BCUT2D eigenvalue weighted by molar-refractivity contribution is 5.84. The number of epoxide rings is 1. The van der Waals surface area contributed by atoms with E-state index >= 15 is 0 Å². The topological polar surface area (TPSA) is 90.3 Å². The van der Waals surface area contributed by atoms with E-state index in [-0.39, 0.29) is 36.1 Å². The molecule has 7 nitrogen and oxygen atoms in total. The van der Waals surface area contributed by atoms with Crippen LogP contribution in [0, 0.1) is 28.6 Å². The smallest absolute Gasteiger partial charge is 0.327 e. The number of nitriles is 1. The maximum atomic E-state index is 12.0. The minimum absolute atomic E-state index is 0.00830. The Morgan fingerprint density at radius 2 is 2.04 bits per heavy atom. The molecule has 7 heteroatoms. The maximum absolute atomic E-state index is 12.0. The Morgan fingerprint density at radius 3 is 2.83 bits per heavy atom. The first-order chi connectivity index (χ1) is 11.2. The zero-order chi connectivity index (χ0) is 15.9. The number of ether oxygens (including phenoxy) is 5. The van der Waals surface area contributed by atoms with Crippen LogP contribution in [0.25, 0.3) is 0 Å². The number of rotatable bonds is 9. The minimum Gasteiger partial charge on any atom is -0.458 e. The van der Waals surface area contributed by atoms with Gasteiger partial charge in [0, 0.05) is 5.92 Å². The van der Waals surface area contributed by atoms with Crippen LogP contribution in [-0.4, -0.2) is 63.9 Å². The summed E-state index contributed by atoms with van der Waals surface area (Å²) in [6.45, 7) is 3.48. The van der Waals surface area contributed by atoms with E-state index in [1.54, 1.807) is 0 Å². The van der Waals surface area contributed by atoms with E-state index in [0.717, 1.165) is 13.0 Å². The van der Waals surface area contributed by atoms with E-state index in [9.17, 15) is 10.1 Å². The molecule has 0 amide bonds.